The van der Waals surface area contributed by atoms with Crippen molar-refractivity contribution in [3.05, 3.63) is 40.9 Å². The van der Waals surface area contributed by atoms with Crippen molar-refractivity contribution in [1.82, 2.24) is 0 Å². The Morgan fingerprint density at radius 3 is 2.80 bits per heavy atom. The third-order valence-corrected chi connectivity index (χ3v) is 2.15. The van der Waals surface area contributed by atoms with E-state index in [1.807, 2.05) is 32.0 Å². The van der Waals surface area contributed by atoms with Gasteiger partial charge < -0.3 is 10.5 Å². The minimum Gasteiger partial charge on any atom is -0.488 e. The molecule has 2 nitrogen and oxygen atoms in total. The van der Waals surface area contributed by atoms with Crippen molar-refractivity contribution in [2.45, 2.75) is 19.9 Å². The van der Waals surface area contributed by atoms with Gasteiger partial charge in [0.05, 0.1) is 0 Å². The molecule has 1 rings (SSSR count). The molecule has 1 atom stereocenters. The largest absolute Gasteiger partial charge is 0.488 e. The van der Waals surface area contributed by atoms with Crippen molar-refractivity contribution < 1.29 is 4.74 Å². The number of halogens is 1. The van der Waals surface area contributed by atoms with E-state index in [0.717, 1.165) is 11.3 Å². The zero-order chi connectivity index (χ0) is 11.4. The molecule has 0 radical (unpaired) electrons. The summed E-state index contributed by atoms with van der Waals surface area (Å²) in [6.45, 7) is 7.83. The lowest BCUT2D eigenvalue weighted by Crippen LogP contribution is -2.09. The highest BCUT2D eigenvalue weighted by atomic mass is 35.5. The molecule has 0 bridgehead atoms. The van der Waals surface area contributed by atoms with Gasteiger partial charge in [-0.15, -0.1) is 0 Å². The zero-order valence-corrected chi connectivity index (χ0v) is 9.84. The molecule has 0 aromatic heterocycles. The third kappa shape index (κ3) is 3.57. The van der Waals surface area contributed by atoms with Gasteiger partial charge in [-0.3, -0.25) is 0 Å². The maximum Gasteiger partial charge on any atom is 0.124 e. The molecule has 3 heteroatoms. The maximum atomic E-state index is 5.85. The number of benzene rings is 1. The van der Waals surface area contributed by atoms with Gasteiger partial charge in [0, 0.05) is 16.6 Å². The molecule has 82 valence electrons. The van der Waals surface area contributed by atoms with Crippen LogP contribution in [0.25, 0.3) is 0 Å². The van der Waals surface area contributed by atoms with E-state index in [1.165, 1.54) is 5.56 Å². The van der Waals surface area contributed by atoms with Crippen molar-refractivity contribution in [2.75, 3.05) is 6.61 Å². The van der Waals surface area contributed by atoms with E-state index in [0.29, 0.717) is 11.6 Å². The smallest absolute Gasteiger partial charge is 0.124 e. The fourth-order valence-electron chi connectivity index (χ4n) is 1.31. The minimum absolute atomic E-state index is 0.0523. The van der Waals surface area contributed by atoms with Crippen LogP contribution in [0.1, 0.15) is 24.1 Å². The summed E-state index contributed by atoms with van der Waals surface area (Å²) in [5.74, 6) is 0.775. The monoisotopic (exact) mass is 225 g/mol. The molecule has 0 saturated heterocycles. The number of nitrogens with two attached hydrogens (primary N) is 1. The predicted octanol–water partition coefficient (Wildman–Crippen LogP) is 3.15. The highest BCUT2D eigenvalue weighted by Gasteiger charge is 2.08. The molecule has 15 heavy (non-hydrogen) atoms. The SMILES string of the molecule is C=C(Cl)COc1ccc(C)cc1[C@H](C)N. The molecule has 0 saturated carbocycles. The number of hydrogen-bond donors (Lipinski definition) is 1. The second-order valence-corrected chi connectivity index (χ2v) is 4.17. The van der Waals surface area contributed by atoms with E-state index in [1.54, 1.807) is 0 Å². The molecule has 0 unspecified atom stereocenters. The second-order valence-electron chi connectivity index (χ2n) is 3.64. The van der Waals surface area contributed by atoms with Crippen LogP contribution in [0.5, 0.6) is 5.75 Å². The standard InChI is InChI=1S/C12H16ClNO/c1-8-4-5-12(15-7-9(2)13)11(6-8)10(3)14/h4-6,10H,2,7,14H2,1,3H3/t10-/m0/s1. The van der Waals surface area contributed by atoms with E-state index < -0.39 is 0 Å². The molecular formula is C12H16ClNO. The lowest BCUT2D eigenvalue weighted by Gasteiger charge is -2.14. The first-order valence-corrected chi connectivity index (χ1v) is 5.20. The summed E-state index contributed by atoms with van der Waals surface area (Å²) in [4.78, 5) is 0. The molecule has 0 aliphatic carbocycles. The molecule has 0 aliphatic heterocycles. The van der Waals surface area contributed by atoms with Crippen LogP contribution >= 0.6 is 11.6 Å². The topological polar surface area (TPSA) is 35.2 Å². The Morgan fingerprint density at radius 2 is 2.27 bits per heavy atom. The number of hydrogen-bond acceptors (Lipinski definition) is 2. The predicted molar refractivity (Wildman–Crippen MR) is 64.3 cm³/mol. The highest BCUT2D eigenvalue weighted by molar-refractivity contribution is 6.29. The van der Waals surface area contributed by atoms with Gasteiger partial charge in [0.2, 0.25) is 0 Å². The van der Waals surface area contributed by atoms with E-state index in [9.17, 15) is 0 Å². The normalized spacial score (nSPS) is 12.3. The lowest BCUT2D eigenvalue weighted by atomic mass is 10.1. The van der Waals surface area contributed by atoms with Crippen LogP contribution in [-0.4, -0.2) is 6.61 Å². The molecular weight excluding hydrogens is 210 g/mol. The summed E-state index contributed by atoms with van der Waals surface area (Å²) in [5.41, 5.74) is 8.01. The van der Waals surface area contributed by atoms with Gasteiger partial charge in [-0.25, -0.2) is 0 Å². The van der Waals surface area contributed by atoms with Crippen LogP contribution in [0.3, 0.4) is 0 Å². The molecule has 0 fully saturated rings. The van der Waals surface area contributed by atoms with Crippen LogP contribution < -0.4 is 10.5 Å². The molecule has 1 aromatic carbocycles. The first kappa shape index (κ1) is 12.1. The average Bonchev–Trinajstić information content (AvgIpc) is 2.15. The van der Waals surface area contributed by atoms with Crippen LogP contribution in [-0.2, 0) is 0 Å². The fourth-order valence-corrected chi connectivity index (χ4v) is 1.37. The van der Waals surface area contributed by atoms with E-state index in [-0.39, 0.29) is 6.04 Å². The van der Waals surface area contributed by atoms with Crippen LogP contribution in [0.2, 0.25) is 0 Å². The van der Waals surface area contributed by atoms with Crippen molar-refractivity contribution in [3.63, 3.8) is 0 Å². The van der Waals surface area contributed by atoms with E-state index >= 15 is 0 Å². The summed E-state index contributed by atoms with van der Waals surface area (Å²) < 4.78 is 5.50. The van der Waals surface area contributed by atoms with Crippen molar-refractivity contribution in [2.24, 2.45) is 5.73 Å². The van der Waals surface area contributed by atoms with Gasteiger partial charge in [0.1, 0.15) is 12.4 Å². The van der Waals surface area contributed by atoms with Crippen molar-refractivity contribution in [1.29, 1.82) is 0 Å². The molecule has 1 aromatic rings. The van der Waals surface area contributed by atoms with Gasteiger partial charge in [-0.1, -0.05) is 35.9 Å². The summed E-state index contributed by atoms with van der Waals surface area (Å²) in [6.07, 6.45) is 0. The van der Waals surface area contributed by atoms with Gasteiger partial charge in [-0.2, -0.15) is 0 Å². The van der Waals surface area contributed by atoms with E-state index in [4.69, 9.17) is 22.1 Å². The van der Waals surface area contributed by atoms with Crippen molar-refractivity contribution in [3.8, 4) is 5.75 Å². The Balaban J connectivity index is 2.90. The molecule has 2 N–H and O–H groups in total. The average molecular weight is 226 g/mol. The summed E-state index contributed by atoms with van der Waals surface area (Å²) in [7, 11) is 0. The maximum absolute atomic E-state index is 5.85. The van der Waals surface area contributed by atoms with Gasteiger partial charge in [-0.05, 0) is 19.9 Å². The first-order valence-electron chi connectivity index (χ1n) is 4.83. The summed E-state index contributed by atoms with van der Waals surface area (Å²) in [6, 6.07) is 5.87. The number of ether oxygens (including phenoxy) is 1. The van der Waals surface area contributed by atoms with Gasteiger partial charge >= 0.3 is 0 Å². The minimum atomic E-state index is -0.0523. The first-order chi connectivity index (χ1) is 7.00. The molecule has 0 amide bonds. The Labute approximate surface area is 95.7 Å². The molecule has 0 heterocycles. The molecule has 0 aliphatic rings. The third-order valence-electron chi connectivity index (χ3n) is 2.04. The van der Waals surface area contributed by atoms with Crippen molar-refractivity contribution >= 4 is 11.6 Å². The van der Waals surface area contributed by atoms with Crippen LogP contribution in [0.4, 0.5) is 0 Å². The Kier molecular flexibility index (Phi) is 4.18. The highest BCUT2D eigenvalue weighted by Crippen LogP contribution is 2.25. The fraction of sp³-hybridized carbons (Fsp3) is 0.333. The van der Waals surface area contributed by atoms with Crippen LogP contribution in [0, 0.1) is 6.92 Å². The summed E-state index contributed by atoms with van der Waals surface area (Å²) in [5, 5.41) is 0.478. The zero-order valence-electron chi connectivity index (χ0n) is 9.09. The number of rotatable bonds is 4. The number of aryl methyl sites for hydroxylation is 1. The second kappa shape index (κ2) is 5.19. The summed E-state index contributed by atoms with van der Waals surface area (Å²) >= 11 is 5.64. The quantitative estimate of drug-likeness (QED) is 0.855. The molecule has 0 spiro atoms. The Morgan fingerprint density at radius 1 is 1.60 bits per heavy atom. The van der Waals surface area contributed by atoms with E-state index in [2.05, 4.69) is 6.58 Å². The Bertz CT molecular complexity index is 361. The van der Waals surface area contributed by atoms with Gasteiger partial charge in [0.25, 0.3) is 0 Å². The Hall–Kier alpha value is -0.990. The van der Waals surface area contributed by atoms with Crippen LogP contribution in [0.15, 0.2) is 29.8 Å². The lowest BCUT2D eigenvalue weighted by molar-refractivity contribution is 0.353. The van der Waals surface area contributed by atoms with Gasteiger partial charge in [0.15, 0.2) is 0 Å².